The Morgan fingerprint density at radius 2 is 1.88 bits per heavy atom. The molecule has 43 heavy (non-hydrogen) atoms. The number of primary amides is 1. The summed E-state index contributed by atoms with van der Waals surface area (Å²) in [4.78, 5) is 58.9. The standard InChI is InChI=1S/C30H31ClN6O6/c1-30(2,3)43-23-12-18(22(38)13-24(32)39)6-9-21(23)28-35-26(17-4-7-20(31)8-5-17)27(19-14-34-42-16-19)37(28)29(41)36-11-10-33-25(40)15-36/h4-9,12,14,16,26-27H,10-11,13,15H2,1-3H3,(H2,32,39)(H,33,40)/t26-,27+/m0/s1. The number of Topliss-reactive ketones (excluding diaryl/α,β-unsaturated/α-hetero) is 1. The second kappa shape index (κ2) is 11.9. The maximum absolute atomic E-state index is 14.3. The summed E-state index contributed by atoms with van der Waals surface area (Å²) in [6.07, 6.45) is 2.51. The fourth-order valence-electron chi connectivity index (χ4n) is 5.06. The van der Waals surface area contributed by atoms with E-state index in [0.717, 1.165) is 5.56 Å². The number of amidine groups is 1. The SMILES string of the molecule is CC(C)(C)Oc1cc(C(=O)CC(N)=O)ccc1C1=N[C@@H](c2ccc(Cl)cc2)[C@@H](c2cnoc2)N1C(=O)N1CCNC(=O)C1. The molecule has 5 rings (SSSR count). The van der Waals surface area contributed by atoms with Crippen LogP contribution in [-0.2, 0) is 9.59 Å². The van der Waals surface area contributed by atoms with Crippen LogP contribution in [0.2, 0.25) is 5.02 Å². The van der Waals surface area contributed by atoms with E-state index >= 15 is 0 Å². The number of piperazine rings is 1. The van der Waals surface area contributed by atoms with Gasteiger partial charge in [-0.1, -0.05) is 35.0 Å². The number of nitrogens with one attached hydrogen (secondary N) is 1. The molecule has 3 N–H and O–H groups in total. The third-order valence-corrected chi connectivity index (χ3v) is 7.13. The van der Waals surface area contributed by atoms with Crippen molar-refractivity contribution in [2.75, 3.05) is 19.6 Å². The first kappa shape index (κ1) is 29.8. The fraction of sp³-hybridized carbons (Fsp3) is 0.333. The Balaban J connectivity index is 1.69. The molecule has 0 bridgehead atoms. The predicted octanol–water partition coefficient (Wildman–Crippen LogP) is 3.66. The monoisotopic (exact) mass is 606 g/mol. The number of benzene rings is 2. The minimum absolute atomic E-state index is 0.128. The number of carbonyl (C=O) groups is 4. The third kappa shape index (κ3) is 6.54. The van der Waals surface area contributed by atoms with E-state index in [4.69, 9.17) is 31.6 Å². The van der Waals surface area contributed by atoms with E-state index in [-0.39, 0.29) is 29.6 Å². The van der Waals surface area contributed by atoms with Gasteiger partial charge in [0.05, 0.1) is 24.2 Å². The van der Waals surface area contributed by atoms with Gasteiger partial charge in [-0.2, -0.15) is 0 Å². The van der Waals surface area contributed by atoms with Crippen LogP contribution < -0.4 is 15.8 Å². The minimum atomic E-state index is -0.753. The average molecular weight is 607 g/mol. The summed E-state index contributed by atoms with van der Waals surface area (Å²) < 4.78 is 11.5. The van der Waals surface area contributed by atoms with Crippen molar-refractivity contribution in [2.45, 2.75) is 44.9 Å². The molecule has 0 unspecified atom stereocenters. The van der Waals surface area contributed by atoms with E-state index < -0.39 is 41.8 Å². The predicted molar refractivity (Wildman–Crippen MR) is 157 cm³/mol. The lowest BCUT2D eigenvalue weighted by atomic mass is 9.96. The summed E-state index contributed by atoms with van der Waals surface area (Å²) in [5.74, 6) is -0.967. The van der Waals surface area contributed by atoms with Crippen LogP contribution in [0.1, 0.15) is 66.3 Å². The van der Waals surface area contributed by atoms with Crippen molar-refractivity contribution in [1.29, 1.82) is 0 Å². The topological polar surface area (TPSA) is 160 Å². The molecule has 3 aromatic rings. The molecule has 0 radical (unpaired) electrons. The van der Waals surface area contributed by atoms with E-state index in [1.54, 1.807) is 24.3 Å². The van der Waals surface area contributed by atoms with Crippen molar-refractivity contribution < 1.29 is 28.4 Å². The van der Waals surface area contributed by atoms with E-state index in [2.05, 4.69) is 10.5 Å². The zero-order chi connectivity index (χ0) is 30.9. The lowest BCUT2D eigenvalue weighted by Gasteiger charge is -2.35. The molecule has 1 aromatic heterocycles. The summed E-state index contributed by atoms with van der Waals surface area (Å²) in [5.41, 5.74) is 6.56. The first-order valence-electron chi connectivity index (χ1n) is 13.6. The van der Waals surface area contributed by atoms with Crippen LogP contribution in [0.25, 0.3) is 0 Å². The van der Waals surface area contributed by atoms with Crippen LogP contribution >= 0.6 is 11.6 Å². The van der Waals surface area contributed by atoms with Gasteiger partial charge < -0.3 is 25.2 Å². The second-order valence-electron chi connectivity index (χ2n) is 11.3. The number of aliphatic imine (C=N–C) groups is 1. The van der Waals surface area contributed by atoms with Gasteiger partial charge in [0.25, 0.3) is 0 Å². The van der Waals surface area contributed by atoms with Crippen molar-refractivity contribution in [3.05, 3.63) is 82.2 Å². The molecule has 1 fully saturated rings. The number of aromatic nitrogens is 1. The molecule has 2 aliphatic heterocycles. The Hall–Kier alpha value is -4.71. The second-order valence-corrected chi connectivity index (χ2v) is 11.7. The summed E-state index contributed by atoms with van der Waals surface area (Å²) in [5, 5.41) is 7.16. The summed E-state index contributed by atoms with van der Waals surface area (Å²) >= 11 is 6.18. The lowest BCUT2D eigenvalue weighted by Crippen LogP contribution is -2.55. The molecule has 0 saturated carbocycles. The van der Waals surface area contributed by atoms with Crippen molar-refractivity contribution >= 4 is 41.1 Å². The van der Waals surface area contributed by atoms with Crippen LogP contribution in [0.5, 0.6) is 5.75 Å². The van der Waals surface area contributed by atoms with Crippen LogP contribution in [0.4, 0.5) is 4.79 Å². The molecule has 4 amide bonds. The van der Waals surface area contributed by atoms with Crippen molar-refractivity contribution in [3.63, 3.8) is 0 Å². The molecule has 13 heteroatoms. The quantitative estimate of drug-likeness (QED) is 0.306. The molecule has 0 spiro atoms. The number of nitrogens with zero attached hydrogens (tertiary/aromatic N) is 4. The van der Waals surface area contributed by atoms with Gasteiger partial charge in [0.1, 0.15) is 36.0 Å². The minimum Gasteiger partial charge on any atom is -0.487 e. The van der Waals surface area contributed by atoms with Gasteiger partial charge in [0.2, 0.25) is 11.8 Å². The molecule has 1 saturated heterocycles. The summed E-state index contributed by atoms with van der Waals surface area (Å²) in [6, 6.07) is 10.1. The molecule has 3 heterocycles. The Morgan fingerprint density at radius 1 is 1.14 bits per heavy atom. The zero-order valence-electron chi connectivity index (χ0n) is 23.9. The normalized spacial score (nSPS) is 18.7. The fourth-order valence-corrected chi connectivity index (χ4v) is 5.19. The van der Waals surface area contributed by atoms with Gasteiger partial charge in [0.15, 0.2) is 5.78 Å². The highest BCUT2D eigenvalue weighted by Gasteiger charge is 2.46. The van der Waals surface area contributed by atoms with Gasteiger partial charge in [-0.05, 0) is 50.6 Å². The highest BCUT2D eigenvalue weighted by molar-refractivity contribution is 6.30. The molecule has 2 aromatic carbocycles. The molecule has 12 nitrogen and oxygen atoms in total. The summed E-state index contributed by atoms with van der Waals surface area (Å²) in [6.45, 7) is 6.00. The number of nitrogens with two attached hydrogens (primary N) is 1. The maximum Gasteiger partial charge on any atom is 0.326 e. The number of urea groups is 1. The van der Waals surface area contributed by atoms with Crippen LogP contribution in [-0.4, -0.2) is 69.7 Å². The van der Waals surface area contributed by atoms with Crippen LogP contribution in [0, 0.1) is 0 Å². The Labute approximate surface area is 252 Å². The molecular formula is C30H31ClN6O6. The van der Waals surface area contributed by atoms with Gasteiger partial charge in [-0.25, -0.2) is 4.79 Å². The maximum atomic E-state index is 14.3. The number of hydrogen-bond donors (Lipinski definition) is 2. The van der Waals surface area contributed by atoms with E-state index in [1.807, 2.05) is 32.9 Å². The number of hydrogen-bond acceptors (Lipinski definition) is 8. The highest BCUT2D eigenvalue weighted by Crippen LogP contribution is 2.45. The summed E-state index contributed by atoms with van der Waals surface area (Å²) in [7, 11) is 0. The first-order chi connectivity index (χ1) is 20.4. The molecule has 0 aliphatic carbocycles. The average Bonchev–Trinajstić information content (AvgIpc) is 3.60. The van der Waals surface area contributed by atoms with Gasteiger partial charge in [-0.15, -0.1) is 0 Å². The van der Waals surface area contributed by atoms with Crippen molar-refractivity contribution in [3.8, 4) is 5.75 Å². The Morgan fingerprint density at radius 3 is 2.51 bits per heavy atom. The highest BCUT2D eigenvalue weighted by atomic mass is 35.5. The van der Waals surface area contributed by atoms with E-state index in [1.165, 1.54) is 28.3 Å². The van der Waals surface area contributed by atoms with Crippen LogP contribution in [0.3, 0.4) is 0 Å². The van der Waals surface area contributed by atoms with E-state index in [0.29, 0.717) is 29.2 Å². The van der Waals surface area contributed by atoms with Crippen molar-refractivity contribution in [1.82, 2.24) is 20.3 Å². The molecular weight excluding hydrogens is 576 g/mol. The van der Waals surface area contributed by atoms with Gasteiger partial charge in [0, 0.05) is 29.2 Å². The number of ether oxygens (including phenoxy) is 1. The smallest absolute Gasteiger partial charge is 0.326 e. The lowest BCUT2D eigenvalue weighted by molar-refractivity contribution is -0.123. The number of carbonyl (C=O) groups excluding carboxylic acids is 4. The molecule has 2 aliphatic rings. The van der Waals surface area contributed by atoms with E-state index in [9.17, 15) is 19.2 Å². The third-order valence-electron chi connectivity index (χ3n) is 6.88. The molecule has 224 valence electrons. The first-order valence-corrected chi connectivity index (χ1v) is 14.0. The number of ketones is 1. The number of amides is 4. The Bertz CT molecular complexity index is 1580. The Kier molecular flexibility index (Phi) is 8.23. The largest absolute Gasteiger partial charge is 0.487 e. The zero-order valence-corrected chi connectivity index (χ0v) is 24.6. The number of rotatable bonds is 7. The number of halogens is 1. The molecule has 2 atom stereocenters. The van der Waals surface area contributed by atoms with Crippen molar-refractivity contribution in [2.24, 2.45) is 10.7 Å². The van der Waals surface area contributed by atoms with Gasteiger partial charge in [-0.3, -0.25) is 24.3 Å². The van der Waals surface area contributed by atoms with Gasteiger partial charge >= 0.3 is 6.03 Å². The van der Waals surface area contributed by atoms with Crippen LogP contribution in [0.15, 0.2) is 64.4 Å².